The number of halogens is 5. The van der Waals surface area contributed by atoms with Crippen LogP contribution in [0.1, 0.15) is 11.3 Å². The number of aromatic nitrogens is 3. The van der Waals surface area contributed by atoms with E-state index in [2.05, 4.69) is 15.4 Å². The first-order valence-corrected chi connectivity index (χ1v) is 5.75. The van der Waals surface area contributed by atoms with E-state index in [0.717, 1.165) is 23.1 Å². The Morgan fingerprint density at radius 1 is 1.25 bits per heavy atom. The van der Waals surface area contributed by atoms with Crippen LogP contribution in [0.3, 0.4) is 0 Å². The second kappa shape index (κ2) is 5.29. The summed E-state index contributed by atoms with van der Waals surface area (Å²) in [4.78, 5) is 0.946. The molecule has 0 aliphatic rings. The Kier molecular flexibility index (Phi) is 3.87. The fourth-order valence-electron chi connectivity index (χ4n) is 1.42. The van der Waals surface area contributed by atoms with Gasteiger partial charge in [-0.05, 0) is 12.1 Å². The highest BCUT2D eigenvalue weighted by Crippen LogP contribution is 2.36. The molecule has 0 amide bonds. The fraction of sp³-hybridized carbons (Fsp3) is 0.100. The van der Waals surface area contributed by atoms with Crippen LogP contribution in [-0.2, 0) is 6.18 Å². The molecule has 1 heterocycles. The Balaban J connectivity index is 2.52. The topological polar surface area (TPSA) is 63.3 Å². The van der Waals surface area contributed by atoms with Crippen LogP contribution in [0.5, 0.6) is 0 Å². The highest BCUT2D eigenvalue weighted by atomic mass is 35.5. The second-order valence-electron chi connectivity index (χ2n) is 3.59. The largest absolute Gasteiger partial charge is 0.416 e. The molecular formula is C10H5Cl2F3N4O. The predicted octanol–water partition coefficient (Wildman–Crippen LogP) is 3.40. The standard InChI is InChI=1S/C10H5Cl2F3N4O/c11-7-1-5(10(13,14)15)2-8(12)9(7)19-16-3-6(18-19)4-17-20/h1-4,20H/b17-4+. The van der Waals surface area contributed by atoms with Crippen molar-refractivity contribution in [2.75, 3.05) is 0 Å². The number of nitrogens with zero attached hydrogens (tertiary/aromatic N) is 4. The molecule has 5 nitrogen and oxygen atoms in total. The van der Waals surface area contributed by atoms with Crippen molar-refractivity contribution in [3.63, 3.8) is 0 Å². The van der Waals surface area contributed by atoms with Crippen molar-refractivity contribution in [1.82, 2.24) is 15.0 Å². The van der Waals surface area contributed by atoms with E-state index >= 15 is 0 Å². The van der Waals surface area contributed by atoms with Gasteiger partial charge in [0.1, 0.15) is 11.4 Å². The Hall–Kier alpha value is -1.80. The lowest BCUT2D eigenvalue weighted by molar-refractivity contribution is -0.137. The molecule has 20 heavy (non-hydrogen) atoms. The maximum absolute atomic E-state index is 12.6. The smallest absolute Gasteiger partial charge is 0.411 e. The van der Waals surface area contributed by atoms with Gasteiger partial charge in [-0.3, -0.25) is 0 Å². The number of rotatable bonds is 2. The number of oxime groups is 1. The molecular weight excluding hydrogens is 320 g/mol. The van der Waals surface area contributed by atoms with Gasteiger partial charge in [0.15, 0.2) is 0 Å². The highest BCUT2D eigenvalue weighted by Gasteiger charge is 2.32. The lowest BCUT2D eigenvalue weighted by atomic mass is 10.2. The first-order chi connectivity index (χ1) is 9.32. The molecule has 2 aromatic rings. The van der Waals surface area contributed by atoms with E-state index in [0.29, 0.717) is 0 Å². The van der Waals surface area contributed by atoms with E-state index < -0.39 is 11.7 Å². The third-order valence-corrected chi connectivity index (χ3v) is 2.82. The molecule has 0 saturated carbocycles. The third-order valence-electron chi connectivity index (χ3n) is 2.24. The van der Waals surface area contributed by atoms with Crippen LogP contribution in [0.15, 0.2) is 23.5 Å². The molecule has 1 aromatic carbocycles. The molecule has 0 aliphatic heterocycles. The summed E-state index contributed by atoms with van der Waals surface area (Å²) in [5, 5.41) is 18.2. The molecule has 0 fully saturated rings. The van der Waals surface area contributed by atoms with E-state index in [9.17, 15) is 13.2 Å². The number of hydrogen-bond donors (Lipinski definition) is 1. The summed E-state index contributed by atoms with van der Waals surface area (Å²) in [7, 11) is 0. The summed E-state index contributed by atoms with van der Waals surface area (Å²) in [6, 6.07) is 1.46. The van der Waals surface area contributed by atoms with Gasteiger partial charge in [-0.2, -0.15) is 18.3 Å². The quantitative estimate of drug-likeness (QED) is 0.523. The summed E-state index contributed by atoms with van der Waals surface area (Å²) in [5.41, 5.74) is -0.793. The number of alkyl halides is 3. The SMILES string of the molecule is O/N=C/c1cnn(-c2c(Cl)cc(C(F)(F)F)cc2Cl)n1. The van der Waals surface area contributed by atoms with Gasteiger partial charge >= 0.3 is 6.18 Å². The Labute approximate surface area is 120 Å². The molecule has 0 spiro atoms. The molecule has 0 saturated heterocycles. The van der Waals surface area contributed by atoms with Crippen molar-refractivity contribution >= 4 is 29.4 Å². The van der Waals surface area contributed by atoms with Gasteiger partial charge in [-0.25, -0.2) is 0 Å². The molecule has 1 N–H and O–H groups in total. The molecule has 10 heteroatoms. The van der Waals surface area contributed by atoms with Crippen LogP contribution in [0, 0.1) is 0 Å². The summed E-state index contributed by atoms with van der Waals surface area (Å²) in [6.45, 7) is 0. The van der Waals surface area contributed by atoms with Gasteiger partial charge in [0.2, 0.25) is 0 Å². The van der Waals surface area contributed by atoms with Gasteiger partial charge in [0, 0.05) is 0 Å². The van der Waals surface area contributed by atoms with Crippen LogP contribution in [0.25, 0.3) is 5.69 Å². The Bertz CT molecular complexity index is 646. The summed E-state index contributed by atoms with van der Waals surface area (Å²) in [5.74, 6) is 0. The van der Waals surface area contributed by atoms with E-state index in [1.807, 2.05) is 0 Å². The monoisotopic (exact) mass is 324 g/mol. The lowest BCUT2D eigenvalue weighted by Gasteiger charge is -2.11. The predicted molar refractivity (Wildman–Crippen MR) is 65.8 cm³/mol. The van der Waals surface area contributed by atoms with Crippen LogP contribution in [0.4, 0.5) is 13.2 Å². The van der Waals surface area contributed by atoms with Crippen molar-refractivity contribution in [1.29, 1.82) is 0 Å². The van der Waals surface area contributed by atoms with Crippen molar-refractivity contribution in [3.05, 3.63) is 39.6 Å². The molecule has 0 unspecified atom stereocenters. The number of hydrogen-bond acceptors (Lipinski definition) is 4. The van der Waals surface area contributed by atoms with Gasteiger partial charge in [-0.1, -0.05) is 28.4 Å². The van der Waals surface area contributed by atoms with Crippen molar-refractivity contribution < 1.29 is 18.4 Å². The molecule has 1 aromatic heterocycles. The van der Waals surface area contributed by atoms with E-state index in [1.165, 1.54) is 6.20 Å². The molecule has 106 valence electrons. The first kappa shape index (κ1) is 14.6. The van der Waals surface area contributed by atoms with Crippen molar-refractivity contribution in [2.45, 2.75) is 6.18 Å². The van der Waals surface area contributed by atoms with Crippen LogP contribution >= 0.6 is 23.2 Å². The average molecular weight is 325 g/mol. The fourth-order valence-corrected chi connectivity index (χ4v) is 2.06. The Morgan fingerprint density at radius 3 is 2.35 bits per heavy atom. The molecule has 0 atom stereocenters. The van der Waals surface area contributed by atoms with E-state index in [4.69, 9.17) is 28.4 Å². The summed E-state index contributed by atoms with van der Waals surface area (Å²) in [6.07, 6.45) is -2.34. The van der Waals surface area contributed by atoms with Crippen LogP contribution in [0.2, 0.25) is 10.0 Å². The third kappa shape index (κ3) is 2.86. The zero-order chi connectivity index (χ0) is 14.9. The molecule has 0 aliphatic carbocycles. The van der Waals surface area contributed by atoms with Crippen molar-refractivity contribution in [3.8, 4) is 5.69 Å². The zero-order valence-electron chi connectivity index (χ0n) is 9.44. The van der Waals surface area contributed by atoms with Crippen molar-refractivity contribution in [2.24, 2.45) is 5.16 Å². The maximum atomic E-state index is 12.6. The molecule has 0 radical (unpaired) electrons. The molecule has 0 bridgehead atoms. The molecule has 2 rings (SSSR count). The minimum absolute atomic E-state index is 0.000997. The first-order valence-electron chi connectivity index (χ1n) is 4.99. The minimum atomic E-state index is -4.56. The normalized spacial score (nSPS) is 12.2. The maximum Gasteiger partial charge on any atom is 0.416 e. The average Bonchev–Trinajstić information content (AvgIpc) is 2.76. The highest BCUT2D eigenvalue weighted by molar-refractivity contribution is 6.37. The van der Waals surface area contributed by atoms with Gasteiger partial charge in [0.05, 0.1) is 28.0 Å². The minimum Gasteiger partial charge on any atom is -0.411 e. The van der Waals surface area contributed by atoms with Gasteiger partial charge in [-0.15, -0.1) is 9.90 Å². The second-order valence-corrected chi connectivity index (χ2v) is 4.40. The zero-order valence-corrected chi connectivity index (χ0v) is 10.9. The van der Waals surface area contributed by atoms with E-state index in [-0.39, 0.29) is 21.4 Å². The number of benzene rings is 1. The Morgan fingerprint density at radius 2 is 1.85 bits per heavy atom. The van der Waals surface area contributed by atoms with E-state index in [1.54, 1.807) is 0 Å². The van der Waals surface area contributed by atoms with Crippen LogP contribution in [-0.4, -0.2) is 26.4 Å². The van der Waals surface area contributed by atoms with Gasteiger partial charge in [0.25, 0.3) is 0 Å². The summed E-state index contributed by atoms with van der Waals surface area (Å²) >= 11 is 11.6. The lowest BCUT2D eigenvalue weighted by Crippen LogP contribution is -2.08. The van der Waals surface area contributed by atoms with Gasteiger partial charge < -0.3 is 5.21 Å². The van der Waals surface area contributed by atoms with Crippen LogP contribution < -0.4 is 0 Å². The summed E-state index contributed by atoms with van der Waals surface area (Å²) < 4.78 is 37.8.